The molecule has 0 aliphatic carbocycles. The second kappa shape index (κ2) is 9.29. The third kappa shape index (κ3) is 4.06. The third-order valence-corrected chi connectivity index (χ3v) is 6.58. The van der Waals surface area contributed by atoms with Crippen LogP contribution < -0.4 is 4.74 Å². The van der Waals surface area contributed by atoms with Gasteiger partial charge in [0, 0.05) is 35.1 Å². The SMILES string of the molecule is c1ccc(COc2cncc(-c3ccc4[nH]nc(-c5cc6c(-c7ccncc7)cccc6[nH]5)c4n3)c2)cc1. The molecule has 38 heavy (non-hydrogen) atoms. The third-order valence-electron chi connectivity index (χ3n) is 6.58. The van der Waals surface area contributed by atoms with E-state index in [0.29, 0.717) is 12.4 Å². The van der Waals surface area contributed by atoms with Crippen molar-refractivity contribution in [3.05, 3.63) is 115 Å². The van der Waals surface area contributed by atoms with Crippen molar-refractivity contribution in [2.24, 2.45) is 0 Å². The highest BCUT2D eigenvalue weighted by Crippen LogP contribution is 2.34. The fraction of sp³-hybridized carbons (Fsp3) is 0.0323. The van der Waals surface area contributed by atoms with Crippen molar-refractivity contribution in [1.82, 2.24) is 30.1 Å². The van der Waals surface area contributed by atoms with Gasteiger partial charge >= 0.3 is 0 Å². The zero-order chi connectivity index (χ0) is 25.3. The number of aromatic amines is 2. The molecule has 0 bridgehead atoms. The van der Waals surface area contributed by atoms with Crippen LogP contribution in [-0.4, -0.2) is 30.1 Å². The van der Waals surface area contributed by atoms with Gasteiger partial charge in [0.2, 0.25) is 0 Å². The molecular formula is C31H22N6O. The fourth-order valence-corrected chi connectivity index (χ4v) is 4.69. The van der Waals surface area contributed by atoms with Gasteiger partial charge in [-0.05, 0) is 59.2 Å². The molecule has 7 heteroatoms. The largest absolute Gasteiger partial charge is 0.487 e. The van der Waals surface area contributed by atoms with Gasteiger partial charge in [-0.2, -0.15) is 5.10 Å². The molecule has 5 heterocycles. The quantitative estimate of drug-likeness (QED) is 0.265. The number of aromatic nitrogens is 6. The number of rotatable bonds is 6. The van der Waals surface area contributed by atoms with Crippen molar-refractivity contribution in [3.8, 4) is 39.5 Å². The summed E-state index contributed by atoms with van der Waals surface area (Å²) >= 11 is 0. The molecule has 2 N–H and O–H groups in total. The molecule has 0 unspecified atom stereocenters. The summed E-state index contributed by atoms with van der Waals surface area (Å²) in [5.74, 6) is 0.694. The van der Waals surface area contributed by atoms with Crippen LogP contribution >= 0.6 is 0 Å². The summed E-state index contributed by atoms with van der Waals surface area (Å²) in [7, 11) is 0. The molecule has 0 saturated heterocycles. The Hall–Kier alpha value is -5.30. The highest BCUT2D eigenvalue weighted by molar-refractivity contribution is 6.00. The standard InChI is InChI=1S/C31H22N6O/c1-2-5-20(6-3-1)19-38-23-15-22(17-33-18-23)26-9-10-28-30(35-26)31(37-36-28)29-16-25-24(7-4-8-27(25)34-29)21-11-13-32-14-12-21/h1-18,34H,19H2,(H,36,37). The minimum atomic E-state index is 0.478. The monoisotopic (exact) mass is 494 g/mol. The molecule has 0 amide bonds. The van der Waals surface area contributed by atoms with Crippen LogP contribution in [0, 0.1) is 0 Å². The van der Waals surface area contributed by atoms with Gasteiger partial charge in [-0.25, -0.2) is 4.98 Å². The molecular weight excluding hydrogens is 472 g/mol. The summed E-state index contributed by atoms with van der Waals surface area (Å²) < 4.78 is 5.98. The molecule has 5 aromatic heterocycles. The van der Waals surface area contributed by atoms with E-state index in [-0.39, 0.29) is 0 Å². The maximum absolute atomic E-state index is 5.98. The number of nitrogens with one attached hydrogen (secondary N) is 2. The van der Waals surface area contributed by atoms with E-state index < -0.39 is 0 Å². The average Bonchev–Trinajstić information content (AvgIpc) is 3.61. The molecule has 2 aromatic carbocycles. The lowest BCUT2D eigenvalue weighted by Crippen LogP contribution is -1.96. The number of benzene rings is 2. The van der Waals surface area contributed by atoms with Gasteiger partial charge in [0.25, 0.3) is 0 Å². The van der Waals surface area contributed by atoms with E-state index in [9.17, 15) is 0 Å². The van der Waals surface area contributed by atoms with Crippen LogP contribution in [-0.2, 0) is 6.61 Å². The van der Waals surface area contributed by atoms with E-state index in [1.165, 1.54) is 0 Å². The van der Waals surface area contributed by atoms with Gasteiger partial charge in [-0.3, -0.25) is 15.1 Å². The molecule has 182 valence electrons. The molecule has 0 spiro atoms. The van der Waals surface area contributed by atoms with Crippen LogP contribution in [0.25, 0.3) is 55.7 Å². The molecule has 0 aliphatic rings. The lowest BCUT2D eigenvalue weighted by Gasteiger charge is -2.08. The van der Waals surface area contributed by atoms with Gasteiger partial charge in [0.1, 0.15) is 23.6 Å². The highest BCUT2D eigenvalue weighted by Gasteiger charge is 2.15. The predicted octanol–water partition coefficient (Wildman–Crippen LogP) is 6.81. The number of hydrogen-bond donors (Lipinski definition) is 2. The minimum absolute atomic E-state index is 0.478. The molecule has 0 atom stereocenters. The molecule has 7 nitrogen and oxygen atoms in total. The number of pyridine rings is 3. The van der Waals surface area contributed by atoms with Crippen molar-refractivity contribution in [2.45, 2.75) is 6.61 Å². The Balaban J connectivity index is 1.24. The van der Waals surface area contributed by atoms with E-state index in [4.69, 9.17) is 9.72 Å². The van der Waals surface area contributed by atoms with Crippen LogP contribution in [0.5, 0.6) is 5.75 Å². The summed E-state index contributed by atoms with van der Waals surface area (Å²) in [6.07, 6.45) is 7.14. The van der Waals surface area contributed by atoms with Gasteiger partial charge in [-0.15, -0.1) is 0 Å². The Labute approximate surface area is 218 Å². The Bertz CT molecular complexity index is 1880. The molecule has 0 saturated carbocycles. The van der Waals surface area contributed by atoms with Crippen molar-refractivity contribution in [3.63, 3.8) is 0 Å². The van der Waals surface area contributed by atoms with Crippen LogP contribution in [0.3, 0.4) is 0 Å². The highest BCUT2D eigenvalue weighted by atomic mass is 16.5. The Morgan fingerprint density at radius 3 is 2.53 bits per heavy atom. The molecule has 0 fully saturated rings. The van der Waals surface area contributed by atoms with Crippen LogP contribution in [0.15, 0.2) is 110 Å². The summed E-state index contributed by atoms with van der Waals surface area (Å²) in [4.78, 5) is 17.0. The van der Waals surface area contributed by atoms with Crippen molar-refractivity contribution < 1.29 is 4.74 Å². The van der Waals surface area contributed by atoms with Gasteiger partial charge in [0.15, 0.2) is 0 Å². The van der Waals surface area contributed by atoms with Crippen LogP contribution in [0.2, 0.25) is 0 Å². The first-order valence-electron chi connectivity index (χ1n) is 12.3. The minimum Gasteiger partial charge on any atom is -0.487 e. The van der Waals surface area contributed by atoms with E-state index in [2.05, 4.69) is 49.4 Å². The van der Waals surface area contributed by atoms with E-state index in [1.807, 2.05) is 73.1 Å². The lowest BCUT2D eigenvalue weighted by molar-refractivity contribution is 0.305. The second-order valence-corrected chi connectivity index (χ2v) is 9.03. The fourth-order valence-electron chi connectivity index (χ4n) is 4.69. The van der Waals surface area contributed by atoms with Crippen molar-refractivity contribution >= 4 is 21.9 Å². The van der Waals surface area contributed by atoms with Crippen molar-refractivity contribution in [1.29, 1.82) is 0 Å². The smallest absolute Gasteiger partial charge is 0.138 e. The van der Waals surface area contributed by atoms with Crippen molar-refractivity contribution in [2.75, 3.05) is 0 Å². The first kappa shape index (κ1) is 21.9. The summed E-state index contributed by atoms with van der Waals surface area (Å²) in [6.45, 7) is 0.478. The summed E-state index contributed by atoms with van der Waals surface area (Å²) in [5, 5.41) is 8.85. The maximum atomic E-state index is 5.98. The Kier molecular flexibility index (Phi) is 5.37. The molecule has 7 rings (SSSR count). The zero-order valence-corrected chi connectivity index (χ0v) is 20.3. The first-order chi connectivity index (χ1) is 18.8. The van der Waals surface area contributed by atoms with Crippen LogP contribution in [0.1, 0.15) is 5.56 Å². The average molecular weight is 495 g/mol. The number of nitrogens with zero attached hydrogens (tertiary/aromatic N) is 4. The van der Waals surface area contributed by atoms with E-state index in [1.54, 1.807) is 12.4 Å². The van der Waals surface area contributed by atoms with Gasteiger partial charge < -0.3 is 9.72 Å². The number of H-pyrrole nitrogens is 2. The zero-order valence-electron chi connectivity index (χ0n) is 20.3. The molecule has 0 radical (unpaired) electrons. The van der Waals surface area contributed by atoms with E-state index in [0.717, 1.165) is 61.3 Å². The normalized spacial score (nSPS) is 11.3. The molecule has 0 aliphatic heterocycles. The molecule has 7 aromatic rings. The van der Waals surface area contributed by atoms with Gasteiger partial charge in [-0.1, -0.05) is 42.5 Å². The predicted molar refractivity (Wildman–Crippen MR) is 148 cm³/mol. The number of hydrogen-bond acceptors (Lipinski definition) is 5. The lowest BCUT2D eigenvalue weighted by atomic mass is 10.0. The van der Waals surface area contributed by atoms with Gasteiger partial charge in [0.05, 0.1) is 23.1 Å². The summed E-state index contributed by atoms with van der Waals surface area (Å²) in [5.41, 5.74) is 9.38. The maximum Gasteiger partial charge on any atom is 0.138 e. The topological polar surface area (TPSA) is 92.4 Å². The Morgan fingerprint density at radius 2 is 1.63 bits per heavy atom. The first-order valence-corrected chi connectivity index (χ1v) is 12.3. The van der Waals surface area contributed by atoms with E-state index >= 15 is 0 Å². The number of ether oxygens (including phenoxy) is 1. The Morgan fingerprint density at radius 1 is 0.737 bits per heavy atom. The second-order valence-electron chi connectivity index (χ2n) is 9.03. The van der Waals surface area contributed by atoms with Crippen LogP contribution in [0.4, 0.5) is 0 Å². The number of fused-ring (bicyclic) bond motifs is 2. The summed E-state index contributed by atoms with van der Waals surface area (Å²) in [6, 6.07) is 28.4.